The maximum atomic E-state index is 12.9. The number of para-hydroxylation sites is 3. The van der Waals surface area contributed by atoms with Crippen LogP contribution in [0.3, 0.4) is 0 Å². The van der Waals surface area contributed by atoms with Crippen molar-refractivity contribution in [1.29, 1.82) is 0 Å². The number of anilines is 3. The molecule has 3 aromatic carbocycles. The standard InChI is InChI=1S/C25H18Cl2N6O2/c1-13-12-28-22-14(6-4-11-19(22)29-23(34)20-15(26)7-5-8-16(20)27)21(13)32-25(35)33-24-30-17-9-2-3-10-18(17)31-24/h2-12H,1H3,(H,29,34)(H3,28,30,31,32,33,35). The molecule has 0 saturated heterocycles. The third-order valence-electron chi connectivity index (χ3n) is 5.38. The second-order valence-electron chi connectivity index (χ2n) is 7.75. The maximum Gasteiger partial charge on any atom is 0.326 e. The Morgan fingerprint density at radius 1 is 0.886 bits per heavy atom. The number of benzene rings is 3. The fourth-order valence-corrected chi connectivity index (χ4v) is 4.32. The van der Waals surface area contributed by atoms with Crippen LogP contribution < -0.4 is 16.0 Å². The molecule has 2 heterocycles. The van der Waals surface area contributed by atoms with Crippen LogP contribution in [-0.2, 0) is 0 Å². The van der Waals surface area contributed by atoms with Crippen molar-refractivity contribution in [3.8, 4) is 0 Å². The number of H-pyrrole nitrogens is 1. The lowest BCUT2D eigenvalue weighted by Crippen LogP contribution is -2.21. The zero-order valence-corrected chi connectivity index (χ0v) is 19.8. The van der Waals surface area contributed by atoms with E-state index in [1.807, 2.05) is 37.3 Å². The number of aromatic amines is 1. The number of nitrogens with zero attached hydrogens (tertiary/aromatic N) is 2. The number of hydrogen-bond acceptors (Lipinski definition) is 4. The van der Waals surface area contributed by atoms with Gasteiger partial charge in [-0.15, -0.1) is 0 Å². The number of urea groups is 1. The molecule has 5 rings (SSSR count). The molecule has 0 atom stereocenters. The van der Waals surface area contributed by atoms with Gasteiger partial charge in [0, 0.05) is 11.6 Å². The summed E-state index contributed by atoms with van der Waals surface area (Å²) in [6.45, 7) is 1.83. The Kier molecular flexibility index (Phi) is 5.98. The second-order valence-corrected chi connectivity index (χ2v) is 8.56. The third kappa shape index (κ3) is 4.49. The number of carbonyl (C=O) groups excluding carboxylic acids is 2. The third-order valence-corrected chi connectivity index (χ3v) is 6.01. The highest BCUT2D eigenvalue weighted by Gasteiger charge is 2.18. The van der Waals surface area contributed by atoms with E-state index in [0.717, 1.165) is 16.6 Å². The van der Waals surface area contributed by atoms with Gasteiger partial charge in [-0.2, -0.15) is 0 Å². The number of imidazole rings is 1. The van der Waals surface area contributed by atoms with Gasteiger partial charge in [-0.3, -0.25) is 15.1 Å². The van der Waals surface area contributed by atoms with Gasteiger partial charge >= 0.3 is 6.03 Å². The number of halogens is 2. The second kappa shape index (κ2) is 9.25. The lowest BCUT2D eigenvalue weighted by atomic mass is 10.1. The molecule has 4 N–H and O–H groups in total. The van der Waals surface area contributed by atoms with E-state index >= 15 is 0 Å². The molecule has 0 bridgehead atoms. The summed E-state index contributed by atoms with van der Waals surface area (Å²) < 4.78 is 0. The predicted molar refractivity (Wildman–Crippen MR) is 140 cm³/mol. The van der Waals surface area contributed by atoms with Gasteiger partial charge in [-0.05, 0) is 42.8 Å². The fraction of sp³-hybridized carbons (Fsp3) is 0.0400. The molecular weight excluding hydrogens is 487 g/mol. The Balaban J connectivity index is 1.43. The van der Waals surface area contributed by atoms with E-state index in [4.69, 9.17) is 23.2 Å². The van der Waals surface area contributed by atoms with Gasteiger partial charge in [0.15, 0.2) is 0 Å². The van der Waals surface area contributed by atoms with Crippen LogP contribution in [0.2, 0.25) is 10.0 Å². The van der Waals surface area contributed by atoms with Gasteiger partial charge in [0.25, 0.3) is 5.91 Å². The molecule has 10 heteroatoms. The number of amides is 3. The first kappa shape index (κ1) is 22.6. The van der Waals surface area contributed by atoms with Crippen molar-refractivity contribution in [1.82, 2.24) is 15.0 Å². The van der Waals surface area contributed by atoms with Crippen LogP contribution in [0.5, 0.6) is 0 Å². The summed E-state index contributed by atoms with van der Waals surface area (Å²) in [5.74, 6) is -0.142. The number of rotatable bonds is 4. The van der Waals surface area contributed by atoms with E-state index in [1.54, 1.807) is 36.5 Å². The van der Waals surface area contributed by atoms with Crippen molar-refractivity contribution in [3.63, 3.8) is 0 Å². The fourth-order valence-electron chi connectivity index (χ4n) is 3.75. The normalized spacial score (nSPS) is 10.9. The molecule has 0 fully saturated rings. The topological polar surface area (TPSA) is 112 Å². The lowest BCUT2D eigenvalue weighted by Gasteiger charge is -2.14. The summed E-state index contributed by atoms with van der Waals surface area (Å²) >= 11 is 12.4. The molecule has 0 aliphatic rings. The molecular formula is C25H18Cl2N6O2. The summed E-state index contributed by atoms with van der Waals surface area (Å²) in [4.78, 5) is 37.6. The van der Waals surface area contributed by atoms with E-state index in [-0.39, 0.29) is 15.6 Å². The highest BCUT2D eigenvalue weighted by molar-refractivity contribution is 6.40. The summed E-state index contributed by atoms with van der Waals surface area (Å²) in [6, 6.07) is 17.1. The maximum absolute atomic E-state index is 12.9. The molecule has 35 heavy (non-hydrogen) atoms. The highest BCUT2D eigenvalue weighted by atomic mass is 35.5. The first-order valence-corrected chi connectivity index (χ1v) is 11.3. The van der Waals surface area contributed by atoms with Crippen LogP contribution in [0.4, 0.5) is 22.1 Å². The van der Waals surface area contributed by atoms with Gasteiger partial charge < -0.3 is 15.6 Å². The first-order chi connectivity index (χ1) is 16.9. The molecule has 0 aliphatic carbocycles. The SMILES string of the molecule is Cc1cnc2c(NC(=O)c3c(Cl)cccc3Cl)cccc2c1NC(=O)Nc1nc2ccccc2[nH]1. The van der Waals surface area contributed by atoms with E-state index in [2.05, 4.69) is 30.9 Å². The first-order valence-electron chi connectivity index (χ1n) is 10.6. The van der Waals surface area contributed by atoms with E-state index < -0.39 is 11.9 Å². The lowest BCUT2D eigenvalue weighted by molar-refractivity contribution is 0.102. The molecule has 8 nitrogen and oxygen atoms in total. The van der Waals surface area contributed by atoms with Crippen molar-refractivity contribution in [3.05, 3.63) is 88.0 Å². The average Bonchev–Trinajstić information content (AvgIpc) is 3.23. The zero-order chi connectivity index (χ0) is 24.5. The quantitative estimate of drug-likeness (QED) is 0.220. The Morgan fingerprint density at radius 2 is 1.63 bits per heavy atom. The van der Waals surface area contributed by atoms with E-state index in [9.17, 15) is 9.59 Å². The van der Waals surface area contributed by atoms with E-state index in [1.165, 1.54) is 0 Å². The number of fused-ring (bicyclic) bond motifs is 2. The summed E-state index contributed by atoms with van der Waals surface area (Å²) in [5.41, 5.74) is 3.96. The minimum absolute atomic E-state index is 0.170. The highest BCUT2D eigenvalue weighted by Crippen LogP contribution is 2.32. The van der Waals surface area contributed by atoms with Gasteiger partial charge in [0.1, 0.15) is 0 Å². The van der Waals surface area contributed by atoms with Gasteiger partial charge in [-0.25, -0.2) is 9.78 Å². The van der Waals surface area contributed by atoms with Crippen LogP contribution >= 0.6 is 23.2 Å². The van der Waals surface area contributed by atoms with Crippen LogP contribution in [0.25, 0.3) is 21.9 Å². The summed E-state index contributed by atoms with van der Waals surface area (Å²) in [6.07, 6.45) is 1.62. The number of aryl methyl sites for hydroxylation is 1. The number of carbonyl (C=O) groups is 2. The molecule has 0 saturated carbocycles. The molecule has 0 unspecified atom stereocenters. The Bertz CT molecular complexity index is 1560. The monoisotopic (exact) mass is 504 g/mol. The minimum atomic E-state index is -0.475. The van der Waals surface area contributed by atoms with Crippen LogP contribution in [0.15, 0.2) is 66.9 Å². The Hall–Kier alpha value is -4.14. The summed E-state index contributed by atoms with van der Waals surface area (Å²) in [5, 5.41) is 9.54. The van der Waals surface area contributed by atoms with Gasteiger partial charge in [0.05, 0.1) is 43.5 Å². The number of pyridine rings is 1. The number of nitrogens with one attached hydrogen (secondary N) is 4. The van der Waals surface area contributed by atoms with Crippen molar-refractivity contribution in [2.75, 3.05) is 16.0 Å². The smallest absolute Gasteiger partial charge is 0.324 e. The van der Waals surface area contributed by atoms with Gasteiger partial charge in [0.2, 0.25) is 5.95 Å². The van der Waals surface area contributed by atoms with Gasteiger partial charge in [-0.1, -0.05) is 53.5 Å². The van der Waals surface area contributed by atoms with Crippen molar-refractivity contribution >= 4 is 74.4 Å². The van der Waals surface area contributed by atoms with Crippen molar-refractivity contribution in [2.45, 2.75) is 6.92 Å². The Labute approximate surface area is 209 Å². The summed E-state index contributed by atoms with van der Waals surface area (Å²) in [7, 11) is 0. The van der Waals surface area contributed by atoms with Crippen molar-refractivity contribution < 1.29 is 9.59 Å². The molecule has 174 valence electrons. The van der Waals surface area contributed by atoms with Crippen molar-refractivity contribution in [2.24, 2.45) is 0 Å². The average molecular weight is 505 g/mol. The minimum Gasteiger partial charge on any atom is -0.324 e. The number of aromatic nitrogens is 3. The molecule has 0 radical (unpaired) electrons. The molecule has 2 aromatic heterocycles. The Morgan fingerprint density at radius 3 is 2.40 bits per heavy atom. The molecule has 0 spiro atoms. The largest absolute Gasteiger partial charge is 0.326 e. The van der Waals surface area contributed by atoms with E-state index in [0.29, 0.717) is 28.2 Å². The number of hydrogen-bond donors (Lipinski definition) is 4. The molecule has 5 aromatic rings. The predicted octanol–water partition coefficient (Wildman–Crippen LogP) is 6.62. The molecule has 3 amide bonds. The van der Waals surface area contributed by atoms with Crippen LogP contribution in [0.1, 0.15) is 15.9 Å². The zero-order valence-electron chi connectivity index (χ0n) is 18.3. The molecule has 0 aliphatic heterocycles. The van der Waals surface area contributed by atoms with Crippen LogP contribution in [-0.4, -0.2) is 26.9 Å². The van der Waals surface area contributed by atoms with Crippen LogP contribution in [0, 0.1) is 6.92 Å².